The van der Waals surface area contributed by atoms with Crippen LogP contribution in [0.4, 0.5) is 0 Å². The third-order valence-electron chi connectivity index (χ3n) is 5.01. The zero-order chi connectivity index (χ0) is 19.2. The molecule has 0 fully saturated rings. The molecule has 0 aliphatic carbocycles. The second kappa shape index (κ2) is 8.53. The average Bonchev–Trinajstić information content (AvgIpc) is 2.77. The van der Waals surface area contributed by atoms with Gasteiger partial charge >= 0.3 is 5.97 Å². The first-order valence-corrected chi connectivity index (χ1v) is 9.53. The molecule has 0 amide bonds. The topological polar surface area (TPSA) is 26.3 Å². The van der Waals surface area contributed by atoms with Gasteiger partial charge in [0.1, 0.15) is 6.61 Å². The van der Waals surface area contributed by atoms with E-state index in [1.807, 2.05) is 60.7 Å². The molecule has 0 aliphatic rings. The number of rotatable bonds is 6. The van der Waals surface area contributed by atoms with E-state index in [-0.39, 0.29) is 11.9 Å². The van der Waals surface area contributed by atoms with Gasteiger partial charge in [-0.15, -0.1) is 0 Å². The first-order valence-electron chi connectivity index (χ1n) is 9.53. The zero-order valence-corrected chi connectivity index (χ0v) is 15.6. The van der Waals surface area contributed by atoms with Crippen LogP contribution in [0.5, 0.6) is 0 Å². The Kier molecular flexibility index (Phi) is 5.48. The standard InChI is InChI=1S/C26H22O2/c27-26(28-19-20-10-3-1-4-11-20)18-25(22-12-5-2-6-13-22)24-17-9-15-21-14-7-8-16-23(21)24/h1-17,25H,18-19H2. The van der Waals surface area contributed by atoms with Gasteiger partial charge in [-0.2, -0.15) is 0 Å². The van der Waals surface area contributed by atoms with Gasteiger partial charge in [0.25, 0.3) is 0 Å². The fourth-order valence-electron chi connectivity index (χ4n) is 3.61. The van der Waals surface area contributed by atoms with Crippen LogP contribution in [0.3, 0.4) is 0 Å². The van der Waals surface area contributed by atoms with Crippen molar-refractivity contribution in [2.45, 2.75) is 18.9 Å². The zero-order valence-electron chi connectivity index (χ0n) is 15.6. The Morgan fingerprint density at radius 3 is 2.14 bits per heavy atom. The van der Waals surface area contributed by atoms with E-state index in [4.69, 9.17) is 4.74 Å². The number of hydrogen-bond donors (Lipinski definition) is 0. The van der Waals surface area contributed by atoms with Gasteiger partial charge in [0.05, 0.1) is 6.42 Å². The fraction of sp³-hybridized carbons (Fsp3) is 0.115. The first kappa shape index (κ1) is 18.0. The number of benzene rings is 4. The van der Waals surface area contributed by atoms with Crippen molar-refractivity contribution in [2.75, 3.05) is 0 Å². The summed E-state index contributed by atoms with van der Waals surface area (Å²) in [5.41, 5.74) is 3.27. The molecule has 0 spiro atoms. The van der Waals surface area contributed by atoms with Gasteiger partial charge in [-0.1, -0.05) is 103 Å². The minimum Gasteiger partial charge on any atom is -0.461 e. The lowest BCUT2D eigenvalue weighted by Gasteiger charge is -2.19. The van der Waals surface area contributed by atoms with Crippen LogP contribution in [0.1, 0.15) is 29.0 Å². The number of ether oxygens (including phenoxy) is 1. The third-order valence-corrected chi connectivity index (χ3v) is 5.01. The quantitative estimate of drug-likeness (QED) is 0.385. The summed E-state index contributed by atoms with van der Waals surface area (Å²) in [6.45, 7) is 0.302. The molecule has 0 heterocycles. The molecule has 138 valence electrons. The summed E-state index contributed by atoms with van der Waals surface area (Å²) in [4.78, 5) is 12.7. The first-order chi connectivity index (χ1) is 13.8. The van der Waals surface area contributed by atoms with Crippen molar-refractivity contribution in [3.05, 3.63) is 120 Å². The van der Waals surface area contributed by atoms with Gasteiger partial charge in [-0.3, -0.25) is 4.79 Å². The summed E-state index contributed by atoms with van der Waals surface area (Å²) < 4.78 is 5.57. The maximum absolute atomic E-state index is 12.7. The van der Waals surface area contributed by atoms with Crippen molar-refractivity contribution < 1.29 is 9.53 Å². The van der Waals surface area contributed by atoms with Gasteiger partial charge in [0, 0.05) is 5.92 Å². The van der Waals surface area contributed by atoms with Crippen molar-refractivity contribution in [1.29, 1.82) is 0 Å². The Bertz CT molecular complexity index is 1050. The molecular formula is C26H22O2. The maximum Gasteiger partial charge on any atom is 0.307 e. The Hall–Kier alpha value is -3.39. The lowest BCUT2D eigenvalue weighted by atomic mass is 9.85. The highest BCUT2D eigenvalue weighted by Crippen LogP contribution is 2.33. The Morgan fingerprint density at radius 2 is 1.36 bits per heavy atom. The number of esters is 1. The molecule has 4 rings (SSSR count). The van der Waals surface area contributed by atoms with Crippen LogP contribution in [-0.2, 0) is 16.1 Å². The van der Waals surface area contributed by atoms with Crippen LogP contribution in [-0.4, -0.2) is 5.97 Å². The maximum atomic E-state index is 12.7. The third kappa shape index (κ3) is 4.12. The second-order valence-corrected chi connectivity index (χ2v) is 6.88. The Balaban J connectivity index is 1.62. The molecular weight excluding hydrogens is 344 g/mol. The molecule has 0 aliphatic heterocycles. The Labute approximate surface area is 165 Å². The van der Waals surface area contributed by atoms with Gasteiger partial charge in [0.2, 0.25) is 0 Å². The lowest BCUT2D eigenvalue weighted by molar-refractivity contribution is -0.145. The molecule has 28 heavy (non-hydrogen) atoms. The van der Waals surface area contributed by atoms with Crippen LogP contribution in [0.25, 0.3) is 10.8 Å². The van der Waals surface area contributed by atoms with Crippen molar-refractivity contribution in [1.82, 2.24) is 0 Å². The summed E-state index contributed by atoms with van der Waals surface area (Å²) in [7, 11) is 0. The largest absolute Gasteiger partial charge is 0.461 e. The highest BCUT2D eigenvalue weighted by atomic mass is 16.5. The highest BCUT2D eigenvalue weighted by molar-refractivity contribution is 5.87. The predicted octanol–water partition coefficient (Wildman–Crippen LogP) is 6.11. The molecule has 0 aromatic heterocycles. The van der Waals surface area contributed by atoms with Crippen LogP contribution in [0, 0.1) is 0 Å². The summed E-state index contributed by atoms with van der Waals surface area (Å²) in [5, 5.41) is 2.35. The molecule has 0 saturated carbocycles. The van der Waals surface area contributed by atoms with E-state index in [0.717, 1.165) is 16.7 Å². The van der Waals surface area contributed by atoms with E-state index in [2.05, 4.69) is 42.5 Å². The molecule has 1 unspecified atom stereocenters. The molecule has 0 radical (unpaired) electrons. The van der Waals surface area contributed by atoms with Gasteiger partial charge in [-0.25, -0.2) is 0 Å². The van der Waals surface area contributed by atoms with E-state index in [1.54, 1.807) is 0 Å². The van der Waals surface area contributed by atoms with Crippen molar-refractivity contribution >= 4 is 16.7 Å². The summed E-state index contributed by atoms with van der Waals surface area (Å²) in [6.07, 6.45) is 0.310. The number of carbonyl (C=O) groups excluding carboxylic acids is 1. The van der Waals surface area contributed by atoms with E-state index in [9.17, 15) is 4.79 Å². The van der Waals surface area contributed by atoms with Crippen LogP contribution in [0.15, 0.2) is 103 Å². The summed E-state index contributed by atoms with van der Waals surface area (Å²) >= 11 is 0. The average molecular weight is 366 g/mol. The van der Waals surface area contributed by atoms with Gasteiger partial charge in [-0.05, 0) is 27.5 Å². The molecule has 1 atom stereocenters. The van der Waals surface area contributed by atoms with Crippen molar-refractivity contribution in [3.63, 3.8) is 0 Å². The lowest BCUT2D eigenvalue weighted by Crippen LogP contribution is -2.12. The fourth-order valence-corrected chi connectivity index (χ4v) is 3.61. The smallest absolute Gasteiger partial charge is 0.307 e. The molecule has 0 bridgehead atoms. The van der Waals surface area contributed by atoms with Crippen LogP contribution >= 0.6 is 0 Å². The van der Waals surface area contributed by atoms with Gasteiger partial charge < -0.3 is 4.74 Å². The van der Waals surface area contributed by atoms with Crippen molar-refractivity contribution in [3.8, 4) is 0 Å². The second-order valence-electron chi connectivity index (χ2n) is 6.88. The number of carbonyl (C=O) groups is 1. The molecule has 4 aromatic carbocycles. The number of hydrogen-bond acceptors (Lipinski definition) is 2. The molecule has 2 nitrogen and oxygen atoms in total. The highest BCUT2D eigenvalue weighted by Gasteiger charge is 2.21. The van der Waals surface area contributed by atoms with E-state index in [0.29, 0.717) is 13.0 Å². The molecule has 2 heteroatoms. The minimum absolute atomic E-state index is 0.0458. The normalized spacial score (nSPS) is 11.9. The van der Waals surface area contributed by atoms with E-state index in [1.165, 1.54) is 10.8 Å². The molecule has 0 saturated heterocycles. The van der Waals surface area contributed by atoms with Gasteiger partial charge in [0.15, 0.2) is 0 Å². The summed E-state index contributed by atoms with van der Waals surface area (Å²) in [5.74, 6) is -0.235. The van der Waals surface area contributed by atoms with E-state index < -0.39 is 0 Å². The Morgan fingerprint density at radius 1 is 0.714 bits per heavy atom. The van der Waals surface area contributed by atoms with Crippen LogP contribution < -0.4 is 0 Å². The molecule has 4 aromatic rings. The van der Waals surface area contributed by atoms with Crippen molar-refractivity contribution in [2.24, 2.45) is 0 Å². The monoisotopic (exact) mass is 366 g/mol. The molecule has 0 N–H and O–H groups in total. The van der Waals surface area contributed by atoms with Crippen LogP contribution in [0.2, 0.25) is 0 Å². The SMILES string of the molecule is O=C(CC(c1ccccc1)c1cccc2ccccc12)OCc1ccccc1. The summed E-state index contributed by atoms with van der Waals surface area (Å²) in [6, 6.07) is 34.6. The van der Waals surface area contributed by atoms with E-state index >= 15 is 0 Å². The minimum atomic E-state index is -0.189. The predicted molar refractivity (Wildman–Crippen MR) is 113 cm³/mol. The number of fused-ring (bicyclic) bond motifs is 1.